The molecule has 1 aliphatic heterocycles. The highest BCUT2D eigenvalue weighted by Gasteiger charge is 2.28. The zero-order valence-corrected chi connectivity index (χ0v) is 11.3. The summed E-state index contributed by atoms with van der Waals surface area (Å²) in [5.74, 6) is 0.307. The van der Waals surface area contributed by atoms with Gasteiger partial charge in [0.2, 0.25) is 0 Å². The van der Waals surface area contributed by atoms with Crippen molar-refractivity contribution >= 4 is 5.91 Å². The van der Waals surface area contributed by atoms with E-state index in [2.05, 4.69) is 5.32 Å². The van der Waals surface area contributed by atoms with Crippen LogP contribution in [0.3, 0.4) is 0 Å². The Bertz CT molecular complexity index is 465. The summed E-state index contributed by atoms with van der Waals surface area (Å²) in [5.41, 5.74) is 0.299. The molecule has 1 aromatic rings. The first-order valence-electron chi connectivity index (χ1n) is 6.43. The molecule has 104 valence electrons. The van der Waals surface area contributed by atoms with Crippen LogP contribution in [0.15, 0.2) is 18.2 Å². The quantitative estimate of drug-likeness (QED) is 0.898. The second kappa shape index (κ2) is 6.02. The Morgan fingerprint density at radius 2 is 2.37 bits per heavy atom. The van der Waals surface area contributed by atoms with Gasteiger partial charge in [-0.2, -0.15) is 0 Å². The van der Waals surface area contributed by atoms with E-state index in [4.69, 9.17) is 4.74 Å². The van der Waals surface area contributed by atoms with Gasteiger partial charge in [0.1, 0.15) is 11.6 Å². The molecule has 0 saturated carbocycles. The first-order valence-corrected chi connectivity index (χ1v) is 6.43. The van der Waals surface area contributed by atoms with Crippen molar-refractivity contribution in [2.45, 2.75) is 6.42 Å². The Morgan fingerprint density at radius 1 is 1.58 bits per heavy atom. The van der Waals surface area contributed by atoms with Crippen molar-refractivity contribution in [1.29, 1.82) is 0 Å². The SMILES string of the molecule is CNCC1CCN(C(=O)c2cc(F)ccc2OC)C1. The molecule has 1 unspecified atom stereocenters. The summed E-state index contributed by atoms with van der Waals surface area (Å²) in [4.78, 5) is 14.2. The highest BCUT2D eigenvalue weighted by Crippen LogP contribution is 2.24. The Labute approximate surface area is 112 Å². The van der Waals surface area contributed by atoms with E-state index < -0.39 is 5.82 Å². The van der Waals surface area contributed by atoms with Crippen LogP contribution >= 0.6 is 0 Å². The maximum Gasteiger partial charge on any atom is 0.257 e. The number of nitrogens with one attached hydrogen (secondary N) is 1. The number of rotatable bonds is 4. The summed E-state index contributed by atoms with van der Waals surface area (Å²) in [6, 6.07) is 4.03. The molecule has 0 radical (unpaired) electrons. The van der Waals surface area contributed by atoms with Crippen molar-refractivity contribution in [3.63, 3.8) is 0 Å². The van der Waals surface area contributed by atoms with Crippen LogP contribution in [0.5, 0.6) is 5.75 Å². The fourth-order valence-electron chi connectivity index (χ4n) is 2.49. The number of carbonyl (C=O) groups excluding carboxylic acids is 1. The van der Waals surface area contributed by atoms with Crippen molar-refractivity contribution in [2.24, 2.45) is 5.92 Å². The van der Waals surface area contributed by atoms with Gasteiger partial charge < -0.3 is 15.0 Å². The third kappa shape index (κ3) is 3.04. The van der Waals surface area contributed by atoms with Gasteiger partial charge in [-0.15, -0.1) is 0 Å². The third-order valence-corrected chi connectivity index (χ3v) is 3.46. The van der Waals surface area contributed by atoms with Gasteiger partial charge in [0.25, 0.3) is 5.91 Å². The number of ether oxygens (including phenoxy) is 1. The van der Waals surface area contributed by atoms with E-state index in [0.717, 1.165) is 13.0 Å². The molecule has 4 nitrogen and oxygen atoms in total. The van der Waals surface area contributed by atoms with Crippen LogP contribution in [0.1, 0.15) is 16.8 Å². The van der Waals surface area contributed by atoms with Gasteiger partial charge in [-0.05, 0) is 44.1 Å². The summed E-state index contributed by atoms with van der Waals surface area (Å²) in [7, 11) is 3.39. The van der Waals surface area contributed by atoms with E-state index in [1.165, 1.54) is 25.3 Å². The van der Waals surface area contributed by atoms with Gasteiger partial charge in [-0.3, -0.25) is 4.79 Å². The standard InChI is InChI=1S/C14H19FN2O2/c1-16-8-10-5-6-17(9-10)14(18)12-7-11(15)3-4-13(12)19-2/h3-4,7,10,16H,5-6,8-9H2,1-2H3. The minimum atomic E-state index is -0.421. The number of nitrogens with zero attached hydrogens (tertiary/aromatic N) is 1. The minimum Gasteiger partial charge on any atom is -0.496 e. The highest BCUT2D eigenvalue weighted by molar-refractivity contribution is 5.97. The van der Waals surface area contributed by atoms with E-state index in [-0.39, 0.29) is 5.91 Å². The topological polar surface area (TPSA) is 41.6 Å². The predicted molar refractivity (Wildman–Crippen MR) is 70.9 cm³/mol. The van der Waals surface area contributed by atoms with Crippen LogP contribution in [0.2, 0.25) is 0 Å². The monoisotopic (exact) mass is 266 g/mol. The lowest BCUT2D eigenvalue weighted by atomic mass is 10.1. The molecule has 1 aromatic carbocycles. The molecule has 1 atom stereocenters. The molecule has 0 aromatic heterocycles. The maximum absolute atomic E-state index is 13.3. The van der Waals surface area contributed by atoms with Crippen LogP contribution < -0.4 is 10.1 Å². The second-order valence-corrected chi connectivity index (χ2v) is 4.81. The molecule has 1 heterocycles. The normalized spacial score (nSPS) is 18.7. The number of halogens is 1. The summed E-state index contributed by atoms with van der Waals surface area (Å²) in [6.07, 6.45) is 0.976. The largest absolute Gasteiger partial charge is 0.496 e. The lowest BCUT2D eigenvalue weighted by molar-refractivity contribution is 0.0783. The first-order chi connectivity index (χ1) is 9.15. The zero-order chi connectivity index (χ0) is 13.8. The lowest BCUT2D eigenvalue weighted by Crippen LogP contribution is -2.30. The fourth-order valence-corrected chi connectivity index (χ4v) is 2.49. The van der Waals surface area contributed by atoms with Crippen LogP contribution in [-0.2, 0) is 0 Å². The molecule has 0 aliphatic carbocycles. The van der Waals surface area contributed by atoms with E-state index in [1.807, 2.05) is 7.05 Å². The van der Waals surface area contributed by atoms with Crippen LogP contribution in [0, 0.1) is 11.7 Å². The smallest absolute Gasteiger partial charge is 0.257 e. The van der Waals surface area contributed by atoms with Gasteiger partial charge in [0.15, 0.2) is 0 Å². The number of methoxy groups -OCH3 is 1. The van der Waals surface area contributed by atoms with Gasteiger partial charge in [-0.25, -0.2) is 4.39 Å². The van der Waals surface area contributed by atoms with Crippen molar-refractivity contribution in [1.82, 2.24) is 10.2 Å². The van der Waals surface area contributed by atoms with E-state index >= 15 is 0 Å². The average molecular weight is 266 g/mol. The Morgan fingerprint density at radius 3 is 3.05 bits per heavy atom. The van der Waals surface area contributed by atoms with E-state index in [1.54, 1.807) is 4.90 Å². The van der Waals surface area contributed by atoms with Gasteiger partial charge in [-0.1, -0.05) is 0 Å². The lowest BCUT2D eigenvalue weighted by Gasteiger charge is -2.18. The van der Waals surface area contributed by atoms with Gasteiger partial charge in [0.05, 0.1) is 12.7 Å². The minimum absolute atomic E-state index is 0.157. The fraction of sp³-hybridized carbons (Fsp3) is 0.500. The Balaban J connectivity index is 2.14. The number of hydrogen-bond acceptors (Lipinski definition) is 3. The van der Waals surface area contributed by atoms with Crippen molar-refractivity contribution in [3.05, 3.63) is 29.6 Å². The molecule has 19 heavy (non-hydrogen) atoms. The maximum atomic E-state index is 13.3. The van der Waals surface area contributed by atoms with Crippen LogP contribution in [-0.4, -0.2) is 44.6 Å². The van der Waals surface area contributed by atoms with Gasteiger partial charge >= 0.3 is 0 Å². The molecule has 1 aliphatic rings. The number of carbonyl (C=O) groups is 1. The van der Waals surface area contributed by atoms with E-state index in [9.17, 15) is 9.18 Å². The number of likely N-dealkylation sites (tertiary alicyclic amines) is 1. The van der Waals surface area contributed by atoms with Crippen molar-refractivity contribution in [3.8, 4) is 5.75 Å². The van der Waals surface area contributed by atoms with E-state index in [0.29, 0.717) is 30.3 Å². The van der Waals surface area contributed by atoms with Gasteiger partial charge in [0, 0.05) is 13.1 Å². The predicted octanol–water partition coefficient (Wildman–Crippen LogP) is 1.52. The molecule has 5 heteroatoms. The molecule has 2 rings (SSSR count). The molecule has 1 fully saturated rings. The zero-order valence-electron chi connectivity index (χ0n) is 11.3. The average Bonchev–Trinajstić information content (AvgIpc) is 2.87. The first kappa shape index (κ1) is 13.8. The third-order valence-electron chi connectivity index (χ3n) is 3.46. The Hall–Kier alpha value is -1.62. The molecule has 0 bridgehead atoms. The number of hydrogen-bond donors (Lipinski definition) is 1. The molecular formula is C14H19FN2O2. The summed E-state index contributed by atoms with van der Waals surface area (Å²) in [5, 5.41) is 3.12. The molecule has 1 amide bonds. The van der Waals surface area contributed by atoms with Crippen molar-refractivity contribution < 1.29 is 13.9 Å². The van der Waals surface area contributed by atoms with Crippen molar-refractivity contribution in [2.75, 3.05) is 33.8 Å². The molecule has 1 saturated heterocycles. The molecule has 1 N–H and O–H groups in total. The highest BCUT2D eigenvalue weighted by atomic mass is 19.1. The Kier molecular flexibility index (Phi) is 4.37. The summed E-state index contributed by atoms with van der Waals surface area (Å²) < 4.78 is 18.4. The molecular weight excluding hydrogens is 247 g/mol. The molecule has 0 spiro atoms. The second-order valence-electron chi connectivity index (χ2n) is 4.81. The van der Waals surface area contributed by atoms with Crippen LogP contribution in [0.4, 0.5) is 4.39 Å². The van der Waals surface area contributed by atoms with Crippen LogP contribution in [0.25, 0.3) is 0 Å². The summed E-state index contributed by atoms with van der Waals surface area (Å²) >= 11 is 0. The number of benzene rings is 1. The summed E-state index contributed by atoms with van der Waals surface area (Å²) in [6.45, 7) is 2.31. The number of amides is 1.